The second kappa shape index (κ2) is 14.2. The van der Waals surface area contributed by atoms with Crippen LogP contribution in [0.4, 0.5) is 5.69 Å². The molecule has 12 heteroatoms. The highest BCUT2D eigenvalue weighted by molar-refractivity contribution is 6.01. The molecule has 0 heterocycles. The molecule has 0 bridgehead atoms. The molecule has 4 amide bonds. The zero-order valence-electron chi connectivity index (χ0n) is 28.5. The molecule has 12 nitrogen and oxygen atoms in total. The predicted octanol–water partition coefficient (Wildman–Crippen LogP) is 2.65. The van der Waals surface area contributed by atoms with E-state index < -0.39 is 29.7 Å². The molecule has 2 unspecified atom stereocenters. The van der Waals surface area contributed by atoms with E-state index in [0.717, 1.165) is 24.8 Å². The summed E-state index contributed by atoms with van der Waals surface area (Å²) >= 11 is 0. The summed E-state index contributed by atoms with van der Waals surface area (Å²) in [6.45, 7) is 10.6. The van der Waals surface area contributed by atoms with Crippen molar-refractivity contribution in [3.63, 3.8) is 0 Å². The summed E-state index contributed by atoms with van der Waals surface area (Å²) in [7, 11) is 0. The van der Waals surface area contributed by atoms with E-state index in [0.29, 0.717) is 23.4 Å². The van der Waals surface area contributed by atoms with Gasteiger partial charge in [0.1, 0.15) is 0 Å². The number of allylic oxidation sites excluding steroid dienone is 4. The van der Waals surface area contributed by atoms with Crippen molar-refractivity contribution in [2.75, 3.05) is 25.0 Å². The smallest absolute Gasteiger partial charge is 0.271 e. The van der Waals surface area contributed by atoms with Crippen LogP contribution < -0.4 is 21.4 Å². The van der Waals surface area contributed by atoms with Gasteiger partial charge in [0.05, 0.1) is 31.5 Å². The van der Waals surface area contributed by atoms with E-state index in [1.54, 1.807) is 24.3 Å². The molecule has 4 aliphatic carbocycles. The van der Waals surface area contributed by atoms with Crippen LogP contribution in [-0.4, -0.2) is 71.1 Å². The van der Waals surface area contributed by atoms with Crippen LogP contribution in [0.25, 0.3) is 0 Å². The van der Waals surface area contributed by atoms with Gasteiger partial charge in [0.15, 0.2) is 5.78 Å². The first kappa shape index (κ1) is 35.9. The van der Waals surface area contributed by atoms with E-state index in [-0.39, 0.29) is 71.5 Å². The Bertz CT molecular complexity index is 1630. The minimum absolute atomic E-state index is 0.00243. The summed E-state index contributed by atoms with van der Waals surface area (Å²) < 4.78 is 0. The van der Waals surface area contributed by atoms with Gasteiger partial charge in [-0.05, 0) is 92.2 Å². The number of ketones is 1. The van der Waals surface area contributed by atoms with Crippen molar-refractivity contribution in [2.45, 2.75) is 59.5 Å². The van der Waals surface area contributed by atoms with Crippen molar-refractivity contribution < 1.29 is 34.2 Å². The molecule has 1 aromatic rings. The number of anilines is 1. The second-order valence-electron chi connectivity index (χ2n) is 14.6. The van der Waals surface area contributed by atoms with Crippen LogP contribution in [0.2, 0.25) is 0 Å². The molecular weight excluding hydrogens is 626 g/mol. The number of nitrogens with one attached hydrogen (secondary N) is 4. The fourth-order valence-electron chi connectivity index (χ4n) is 9.26. The molecule has 0 aliphatic heterocycles. The monoisotopic (exact) mass is 673 g/mol. The van der Waals surface area contributed by atoms with Crippen molar-refractivity contribution in [3.05, 3.63) is 65.8 Å². The lowest BCUT2D eigenvalue weighted by Gasteiger charge is -2.58. The van der Waals surface area contributed by atoms with Crippen molar-refractivity contribution in [3.8, 4) is 0 Å². The SMILES string of the molecule is C=C(C)C(=O)NCC(=O)NCC(=O)Nc1ccc(C(=O)N/N=C(/CO)[C@H]2[C@H](C)CC3[C@@H]4CCC5=CC(=O)C=C[C@]5(C)C4[C@@H](O)C[C@@]32C)cc1. The number of carbonyl (C=O) groups excluding carboxylic acids is 5. The maximum atomic E-state index is 13.1. The molecule has 0 spiro atoms. The Morgan fingerprint density at radius 1 is 1.06 bits per heavy atom. The second-order valence-corrected chi connectivity index (χ2v) is 14.6. The number of rotatable bonds is 10. The lowest BCUT2D eigenvalue weighted by Crippen LogP contribution is -2.56. The van der Waals surface area contributed by atoms with E-state index in [1.165, 1.54) is 19.1 Å². The molecule has 6 N–H and O–H groups in total. The van der Waals surface area contributed by atoms with Crippen LogP contribution in [0.15, 0.2) is 65.3 Å². The highest BCUT2D eigenvalue weighted by Gasteiger charge is 2.63. The third kappa shape index (κ3) is 7.16. The van der Waals surface area contributed by atoms with Crippen molar-refractivity contribution in [1.29, 1.82) is 0 Å². The lowest BCUT2D eigenvalue weighted by atomic mass is 9.46. The number of hydrazone groups is 1. The van der Waals surface area contributed by atoms with Gasteiger partial charge in [-0.3, -0.25) is 24.0 Å². The molecule has 1 aromatic carbocycles. The zero-order valence-corrected chi connectivity index (χ0v) is 28.5. The fourth-order valence-corrected chi connectivity index (χ4v) is 9.26. The largest absolute Gasteiger partial charge is 0.393 e. The fraction of sp³-hybridized carbons (Fsp3) is 0.514. The first-order valence-corrected chi connectivity index (χ1v) is 16.9. The molecule has 4 aliphatic rings. The molecule has 5 rings (SSSR count). The predicted molar refractivity (Wildman–Crippen MR) is 184 cm³/mol. The number of aliphatic hydroxyl groups is 2. The average Bonchev–Trinajstić information content (AvgIpc) is 3.32. The standard InChI is InChI=1S/C37H47N5O7/c1-20(2)34(48)39-17-30(46)38-18-31(47)40-24-9-6-22(7-10-24)35(49)42-41-28(19-43)32-21(3)14-27-26-11-8-23-15-25(44)12-13-36(23,4)33(26)29(45)16-37(27,32)5/h6-7,9-10,12-13,15,21,26-27,29,32-33,43,45H,1,8,11,14,16-19H2,2-5H3,(H,38,46)(H,39,48)(H,40,47)(H,42,49)/b41-28-/t21-,26+,27?,29+,32-,33?,36+,37+/m1/s1. The molecule has 49 heavy (non-hydrogen) atoms. The molecule has 3 fully saturated rings. The van der Waals surface area contributed by atoms with Gasteiger partial charge in [-0.1, -0.05) is 39.0 Å². The zero-order chi connectivity index (χ0) is 35.7. The third-order valence-electron chi connectivity index (χ3n) is 11.3. The van der Waals surface area contributed by atoms with Gasteiger partial charge in [0.25, 0.3) is 5.91 Å². The number of hydrogen-bond acceptors (Lipinski definition) is 8. The van der Waals surface area contributed by atoms with Gasteiger partial charge in [-0.25, -0.2) is 5.43 Å². The van der Waals surface area contributed by atoms with Gasteiger partial charge in [0, 0.05) is 34.1 Å². The molecule has 8 atom stereocenters. The number of fused-ring (bicyclic) bond motifs is 5. The van der Waals surface area contributed by atoms with Gasteiger partial charge in [-0.15, -0.1) is 0 Å². The van der Waals surface area contributed by atoms with Crippen LogP contribution >= 0.6 is 0 Å². The van der Waals surface area contributed by atoms with Crippen molar-refractivity contribution >= 4 is 40.8 Å². The van der Waals surface area contributed by atoms with E-state index >= 15 is 0 Å². The van der Waals surface area contributed by atoms with Crippen LogP contribution in [-0.2, 0) is 19.2 Å². The summed E-state index contributed by atoms with van der Waals surface area (Å²) in [5.74, 6) is -1.40. The van der Waals surface area contributed by atoms with E-state index in [2.05, 4.69) is 53.8 Å². The summed E-state index contributed by atoms with van der Waals surface area (Å²) in [6, 6.07) is 6.15. The van der Waals surface area contributed by atoms with Crippen LogP contribution in [0.5, 0.6) is 0 Å². The van der Waals surface area contributed by atoms with Gasteiger partial charge < -0.3 is 26.2 Å². The number of amides is 4. The number of benzene rings is 1. The number of nitrogens with zero attached hydrogens (tertiary/aromatic N) is 1. The van der Waals surface area contributed by atoms with Crippen LogP contribution in [0.3, 0.4) is 0 Å². The maximum absolute atomic E-state index is 13.1. The number of hydrogen-bond donors (Lipinski definition) is 6. The molecular formula is C37H47N5O7. The van der Waals surface area contributed by atoms with Gasteiger partial charge >= 0.3 is 0 Å². The molecule has 0 radical (unpaired) electrons. The average molecular weight is 674 g/mol. The Labute approximate surface area is 286 Å². The Morgan fingerprint density at radius 2 is 1.76 bits per heavy atom. The highest BCUT2D eigenvalue weighted by Crippen LogP contribution is 2.67. The third-order valence-corrected chi connectivity index (χ3v) is 11.3. The summed E-state index contributed by atoms with van der Waals surface area (Å²) in [5, 5.41) is 34.1. The van der Waals surface area contributed by atoms with Gasteiger partial charge in [-0.2, -0.15) is 5.10 Å². The van der Waals surface area contributed by atoms with E-state index in [4.69, 9.17) is 0 Å². The normalized spacial score (nSPS) is 31.8. The lowest BCUT2D eigenvalue weighted by molar-refractivity contribution is -0.125. The minimum atomic E-state index is -0.593. The molecule has 3 saturated carbocycles. The maximum Gasteiger partial charge on any atom is 0.271 e. The number of aliphatic hydroxyl groups excluding tert-OH is 2. The van der Waals surface area contributed by atoms with Crippen molar-refractivity contribution in [1.82, 2.24) is 16.1 Å². The molecule has 0 saturated heterocycles. The summed E-state index contributed by atoms with van der Waals surface area (Å²) in [4.78, 5) is 60.9. The van der Waals surface area contributed by atoms with Crippen molar-refractivity contribution in [2.24, 2.45) is 45.5 Å². The Balaban J connectivity index is 1.20. The minimum Gasteiger partial charge on any atom is -0.393 e. The van der Waals surface area contributed by atoms with Gasteiger partial charge in [0.2, 0.25) is 17.7 Å². The first-order valence-electron chi connectivity index (χ1n) is 16.9. The number of carbonyl (C=O) groups is 5. The van der Waals surface area contributed by atoms with E-state index in [9.17, 15) is 34.2 Å². The Hall–Kier alpha value is -4.42. The first-order chi connectivity index (χ1) is 23.2. The summed E-state index contributed by atoms with van der Waals surface area (Å²) in [5.41, 5.74) is 4.45. The summed E-state index contributed by atoms with van der Waals surface area (Å²) in [6.07, 6.45) is 7.96. The van der Waals surface area contributed by atoms with Crippen LogP contribution in [0.1, 0.15) is 63.7 Å². The quantitative estimate of drug-likeness (QED) is 0.125. The highest BCUT2D eigenvalue weighted by atomic mass is 16.3. The Kier molecular flexibility index (Phi) is 10.4. The van der Waals surface area contributed by atoms with E-state index in [1.807, 2.05) is 6.08 Å². The Morgan fingerprint density at radius 3 is 2.43 bits per heavy atom. The topological polar surface area (TPSA) is 186 Å². The van der Waals surface area contributed by atoms with Crippen LogP contribution in [0, 0.1) is 40.4 Å². The molecule has 0 aromatic heterocycles. The molecule has 262 valence electrons.